The zero-order chi connectivity index (χ0) is 13.5. The van der Waals surface area contributed by atoms with Crippen LogP contribution >= 0.6 is 0 Å². The van der Waals surface area contributed by atoms with E-state index in [0.29, 0.717) is 12.5 Å². The van der Waals surface area contributed by atoms with Gasteiger partial charge in [0.25, 0.3) is 0 Å². The Morgan fingerprint density at radius 3 is 2.58 bits per heavy atom. The van der Waals surface area contributed by atoms with Gasteiger partial charge in [-0.05, 0) is 24.6 Å². The van der Waals surface area contributed by atoms with Crippen molar-refractivity contribution in [1.29, 1.82) is 0 Å². The van der Waals surface area contributed by atoms with E-state index in [-0.39, 0.29) is 11.9 Å². The predicted molar refractivity (Wildman–Crippen MR) is 67.8 cm³/mol. The third kappa shape index (κ3) is 1.94. The van der Waals surface area contributed by atoms with Crippen LogP contribution in [0.5, 0.6) is 0 Å². The summed E-state index contributed by atoms with van der Waals surface area (Å²) in [6.45, 7) is 4.78. The molecule has 0 spiro atoms. The fourth-order valence-electron chi connectivity index (χ4n) is 2.74. The Bertz CT molecular complexity index is 555. The molecular weight excluding hydrogens is 245 g/mol. The maximum atomic E-state index is 13.1. The van der Waals surface area contributed by atoms with Crippen LogP contribution in [0.25, 0.3) is 0 Å². The van der Waals surface area contributed by atoms with Crippen LogP contribution in [0.2, 0.25) is 0 Å². The van der Waals surface area contributed by atoms with Crippen LogP contribution in [0.4, 0.5) is 4.39 Å². The van der Waals surface area contributed by atoms with E-state index in [2.05, 4.69) is 17.0 Å². The maximum Gasteiger partial charge on any atom is 0.137 e. The number of hydrogen-bond donors (Lipinski definition) is 0. The molecule has 1 aromatic carbocycles. The molecule has 3 atom stereocenters. The van der Waals surface area contributed by atoms with E-state index in [1.807, 2.05) is 6.92 Å². The van der Waals surface area contributed by atoms with Gasteiger partial charge in [0, 0.05) is 5.92 Å². The topological polar surface area (TPSA) is 39.9 Å². The van der Waals surface area contributed by atoms with Gasteiger partial charge >= 0.3 is 0 Å². The first-order valence-electron chi connectivity index (χ1n) is 6.38. The van der Waals surface area contributed by atoms with Gasteiger partial charge in [-0.15, -0.1) is 0 Å². The van der Waals surface area contributed by atoms with E-state index in [9.17, 15) is 4.39 Å². The second kappa shape index (κ2) is 4.42. The maximum absolute atomic E-state index is 13.1. The van der Waals surface area contributed by atoms with Crippen molar-refractivity contribution >= 4 is 0 Å². The van der Waals surface area contributed by atoms with Crippen molar-refractivity contribution in [3.8, 4) is 0 Å². The first kappa shape index (κ1) is 12.3. The SMILES string of the molecule is CC1OC(Cn2cncn2)(c2ccc(F)cc2)C1C. The van der Waals surface area contributed by atoms with Gasteiger partial charge in [0.1, 0.15) is 24.1 Å². The largest absolute Gasteiger partial charge is 0.365 e. The van der Waals surface area contributed by atoms with Gasteiger partial charge in [0.2, 0.25) is 0 Å². The van der Waals surface area contributed by atoms with Gasteiger partial charge in [0.15, 0.2) is 0 Å². The third-order valence-electron chi connectivity index (χ3n) is 4.03. The van der Waals surface area contributed by atoms with Crippen molar-refractivity contribution in [3.63, 3.8) is 0 Å². The summed E-state index contributed by atoms with van der Waals surface area (Å²) in [6.07, 6.45) is 3.36. The van der Waals surface area contributed by atoms with E-state index >= 15 is 0 Å². The summed E-state index contributed by atoms with van der Waals surface area (Å²) in [6, 6.07) is 6.51. The van der Waals surface area contributed by atoms with Gasteiger partial charge < -0.3 is 4.74 Å². The highest BCUT2D eigenvalue weighted by Gasteiger charge is 2.52. The highest BCUT2D eigenvalue weighted by molar-refractivity contribution is 5.27. The molecule has 0 saturated carbocycles. The average molecular weight is 261 g/mol. The molecule has 1 aliphatic rings. The molecule has 5 heteroatoms. The molecule has 0 bridgehead atoms. The lowest BCUT2D eigenvalue weighted by molar-refractivity contribution is -0.264. The number of benzene rings is 1. The zero-order valence-electron chi connectivity index (χ0n) is 11.0. The van der Waals surface area contributed by atoms with Crippen molar-refractivity contribution in [2.75, 3.05) is 0 Å². The van der Waals surface area contributed by atoms with E-state index in [0.717, 1.165) is 5.56 Å². The monoisotopic (exact) mass is 261 g/mol. The van der Waals surface area contributed by atoms with E-state index in [4.69, 9.17) is 4.74 Å². The molecule has 3 rings (SSSR count). The standard InChI is InChI=1S/C14H16FN3O/c1-10-11(2)19-14(10,7-18-9-16-8-17-18)12-3-5-13(15)6-4-12/h3-6,8-11H,7H2,1-2H3. The Labute approximate surface area is 111 Å². The van der Waals surface area contributed by atoms with Crippen molar-refractivity contribution < 1.29 is 9.13 Å². The summed E-state index contributed by atoms with van der Waals surface area (Å²) >= 11 is 0. The summed E-state index contributed by atoms with van der Waals surface area (Å²) in [7, 11) is 0. The molecule has 1 aromatic heterocycles. The van der Waals surface area contributed by atoms with Crippen LogP contribution in [0.1, 0.15) is 19.4 Å². The van der Waals surface area contributed by atoms with Crippen LogP contribution in [0.15, 0.2) is 36.9 Å². The Morgan fingerprint density at radius 2 is 2.05 bits per heavy atom. The third-order valence-corrected chi connectivity index (χ3v) is 4.03. The summed E-state index contributed by atoms with van der Waals surface area (Å²) in [4.78, 5) is 3.95. The molecule has 4 nitrogen and oxygen atoms in total. The minimum absolute atomic E-state index is 0.188. The van der Waals surface area contributed by atoms with Crippen molar-refractivity contribution in [1.82, 2.24) is 14.8 Å². The Morgan fingerprint density at radius 1 is 1.32 bits per heavy atom. The normalized spacial score (nSPS) is 30.1. The van der Waals surface area contributed by atoms with Gasteiger partial charge in [-0.25, -0.2) is 14.1 Å². The molecule has 3 unspecified atom stereocenters. The van der Waals surface area contributed by atoms with Crippen molar-refractivity contribution in [3.05, 3.63) is 48.3 Å². The highest BCUT2D eigenvalue weighted by atomic mass is 19.1. The molecule has 1 saturated heterocycles. The number of aromatic nitrogens is 3. The molecule has 1 fully saturated rings. The summed E-state index contributed by atoms with van der Waals surface area (Å²) in [5.74, 6) is 0.0989. The fraction of sp³-hybridized carbons (Fsp3) is 0.429. The number of halogens is 1. The number of nitrogens with zero attached hydrogens (tertiary/aromatic N) is 3. The van der Waals surface area contributed by atoms with E-state index < -0.39 is 5.60 Å². The number of hydrogen-bond acceptors (Lipinski definition) is 3. The Balaban J connectivity index is 1.96. The van der Waals surface area contributed by atoms with E-state index in [1.54, 1.807) is 23.1 Å². The summed E-state index contributed by atoms with van der Waals surface area (Å²) in [5.41, 5.74) is 0.538. The van der Waals surface area contributed by atoms with Crippen LogP contribution < -0.4 is 0 Å². The first-order valence-corrected chi connectivity index (χ1v) is 6.38. The van der Waals surface area contributed by atoms with Crippen molar-refractivity contribution in [2.45, 2.75) is 32.1 Å². The predicted octanol–water partition coefficient (Wildman–Crippen LogP) is 2.37. The van der Waals surface area contributed by atoms with Gasteiger partial charge in [-0.2, -0.15) is 5.10 Å². The minimum atomic E-state index is -0.444. The lowest BCUT2D eigenvalue weighted by Crippen LogP contribution is -2.57. The molecular formula is C14H16FN3O. The van der Waals surface area contributed by atoms with E-state index in [1.165, 1.54) is 18.5 Å². The molecule has 0 amide bonds. The lowest BCUT2D eigenvalue weighted by Gasteiger charge is -2.53. The second-order valence-electron chi connectivity index (χ2n) is 5.10. The molecule has 0 radical (unpaired) electrons. The Kier molecular flexibility index (Phi) is 2.86. The summed E-state index contributed by atoms with van der Waals surface area (Å²) in [5, 5.41) is 4.14. The van der Waals surface area contributed by atoms with Crippen LogP contribution in [0, 0.1) is 11.7 Å². The second-order valence-corrected chi connectivity index (χ2v) is 5.10. The summed E-state index contributed by atoms with van der Waals surface area (Å²) < 4.78 is 20.9. The molecule has 19 heavy (non-hydrogen) atoms. The lowest BCUT2D eigenvalue weighted by atomic mass is 9.74. The number of rotatable bonds is 3. The quantitative estimate of drug-likeness (QED) is 0.851. The molecule has 0 aliphatic carbocycles. The fourth-order valence-corrected chi connectivity index (χ4v) is 2.74. The molecule has 1 aliphatic heterocycles. The smallest absolute Gasteiger partial charge is 0.137 e. The van der Waals surface area contributed by atoms with Crippen LogP contribution in [-0.4, -0.2) is 20.9 Å². The van der Waals surface area contributed by atoms with Gasteiger partial charge in [-0.1, -0.05) is 19.1 Å². The average Bonchev–Trinajstić information content (AvgIpc) is 2.91. The molecule has 2 heterocycles. The van der Waals surface area contributed by atoms with Crippen LogP contribution in [-0.2, 0) is 16.9 Å². The highest BCUT2D eigenvalue weighted by Crippen LogP contribution is 2.47. The Hall–Kier alpha value is -1.75. The minimum Gasteiger partial charge on any atom is -0.365 e. The van der Waals surface area contributed by atoms with Crippen molar-refractivity contribution in [2.24, 2.45) is 5.92 Å². The van der Waals surface area contributed by atoms with Crippen LogP contribution in [0.3, 0.4) is 0 Å². The van der Waals surface area contributed by atoms with Gasteiger partial charge in [-0.3, -0.25) is 0 Å². The zero-order valence-corrected chi connectivity index (χ0v) is 11.0. The van der Waals surface area contributed by atoms with Gasteiger partial charge in [0.05, 0.1) is 12.6 Å². The number of ether oxygens (including phenoxy) is 1. The first-order chi connectivity index (χ1) is 9.12. The molecule has 2 aromatic rings. The molecule has 0 N–H and O–H groups in total. The molecule has 100 valence electrons.